The van der Waals surface area contributed by atoms with E-state index in [4.69, 9.17) is 16.6 Å². The number of hydrogen-bond donors (Lipinski definition) is 0. The quantitative estimate of drug-likeness (QED) is 0.342. The van der Waals surface area contributed by atoms with Gasteiger partial charge in [-0.25, -0.2) is 0 Å². The van der Waals surface area contributed by atoms with Gasteiger partial charge in [-0.05, 0) is 68.4 Å². The van der Waals surface area contributed by atoms with Crippen LogP contribution in [0.1, 0.15) is 68.0 Å². The van der Waals surface area contributed by atoms with Crippen LogP contribution in [-0.2, 0) is 12.8 Å². The molecule has 0 amide bonds. The fourth-order valence-electron chi connectivity index (χ4n) is 5.79. The summed E-state index contributed by atoms with van der Waals surface area (Å²) in [6.07, 6.45) is 8.27. The topological polar surface area (TPSA) is 32.3 Å². The highest BCUT2D eigenvalue weighted by atomic mass is 35.5. The van der Waals surface area contributed by atoms with Crippen LogP contribution in [0.2, 0.25) is 5.02 Å². The second-order valence-corrected chi connectivity index (χ2v) is 10.8. The molecule has 2 aromatic heterocycles. The van der Waals surface area contributed by atoms with E-state index in [-0.39, 0.29) is 0 Å². The SMILES string of the molecule is C=C(CCCC)N1CCN(C(=C)c2ccc3c(Cl)c4c(nc3c2)CC(c2ccccn2)CC4)C(C)C1. The number of allylic oxidation sites excluding steroid dienone is 1. The van der Waals surface area contributed by atoms with E-state index < -0.39 is 0 Å². The van der Waals surface area contributed by atoms with E-state index in [9.17, 15) is 0 Å². The first-order valence-electron chi connectivity index (χ1n) is 13.4. The Bertz CT molecular complexity index is 1270. The van der Waals surface area contributed by atoms with Crippen molar-refractivity contribution >= 4 is 28.2 Å². The third-order valence-corrected chi connectivity index (χ3v) is 8.40. The van der Waals surface area contributed by atoms with Crippen molar-refractivity contribution in [2.24, 2.45) is 0 Å². The lowest BCUT2D eigenvalue weighted by molar-refractivity contribution is 0.155. The molecule has 0 saturated carbocycles. The van der Waals surface area contributed by atoms with E-state index >= 15 is 0 Å². The van der Waals surface area contributed by atoms with E-state index in [0.29, 0.717) is 12.0 Å². The molecule has 2 aliphatic rings. The molecule has 1 fully saturated rings. The number of halogens is 1. The predicted octanol–water partition coefficient (Wildman–Crippen LogP) is 7.24. The zero-order chi connectivity index (χ0) is 25.2. The largest absolute Gasteiger partial charge is 0.371 e. The standard InChI is InChI=1S/C31H37ClN4/c1-5-6-9-21(2)35-16-17-36(22(3)20-35)23(4)24-11-13-26-29(18-24)34-30-19-25(12-14-27(30)31(26)32)28-10-7-8-15-33-28/h7-8,10-11,13,15,18,22,25H,2,4-6,9,12,14,16-17,19-20H2,1,3H3. The number of piperazine rings is 1. The smallest absolute Gasteiger partial charge is 0.0727 e. The molecule has 0 radical (unpaired) electrons. The second kappa shape index (κ2) is 10.6. The molecule has 1 saturated heterocycles. The zero-order valence-electron chi connectivity index (χ0n) is 21.6. The van der Waals surface area contributed by atoms with Crippen LogP contribution in [0.25, 0.3) is 16.6 Å². The molecule has 188 valence electrons. The zero-order valence-corrected chi connectivity index (χ0v) is 22.4. The lowest BCUT2D eigenvalue weighted by Gasteiger charge is -2.44. The van der Waals surface area contributed by atoms with Crippen molar-refractivity contribution in [1.29, 1.82) is 0 Å². The molecule has 5 heteroatoms. The lowest BCUT2D eigenvalue weighted by Crippen LogP contribution is -2.50. The highest BCUT2D eigenvalue weighted by Crippen LogP contribution is 2.38. The molecule has 2 atom stereocenters. The molecule has 5 rings (SSSR count). The maximum absolute atomic E-state index is 6.94. The van der Waals surface area contributed by atoms with Crippen LogP contribution in [0.5, 0.6) is 0 Å². The minimum absolute atomic E-state index is 0.375. The molecule has 1 aliphatic heterocycles. The normalized spacial score (nSPS) is 19.9. The first kappa shape index (κ1) is 24.8. The monoisotopic (exact) mass is 500 g/mol. The van der Waals surface area contributed by atoms with Gasteiger partial charge >= 0.3 is 0 Å². The fraction of sp³-hybridized carbons (Fsp3) is 0.419. The van der Waals surface area contributed by atoms with Gasteiger partial charge < -0.3 is 9.80 Å². The van der Waals surface area contributed by atoms with Crippen molar-refractivity contribution in [3.8, 4) is 0 Å². The summed E-state index contributed by atoms with van der Waals surface area (Å²) in [5, 5.41) is 1.90. The van der Waals surface area contributed by atoms with Crippen LogP contribution in [0.3, 0.4) is 0 Å². The third kappa shape index (κ3) is 4.88. The summed E-state index contributed by atoms with van der Waals surface area (Å²) >= 11 is 6.94. The van der Waals surface area contributed by atoms with Crippen LogP contribution in [0.15, 0.2) is 61.4 Å². The fourth-order valence-corrected chi connectivity index (χ4v) is 6.15. The molecule has 3 heterocycles. The van der Waals surface area contributed by atoms with E-state index in [1.165, 1.54) is 24.1 Å². The molecule has 1 aliphatic carbocycles. The highest BCUT2D eigenvalue weighted by Gasteiger charge is 2.27. The average molecular weight is 501 g/mol. The summed E-state index contributed by atoms with van der Waals surface area (Å²) in [6, 6.07) is 13.0. The van der Waals surface area contributed by atoms with Crippen LogP contribution in [0.4, 0.5) is 0 Å². The van der Waals surface area contributed by atoms with Crippen LogP contribution in [-0.4, -0.2) is 45.4 Å². The number of rotatable bonds is 7. The van der Waals surface area contributed by atoms with Gasteiger partial charge in [-0.15, -0.1) is 0 Å². The van der Waals surface area contributed by atoms with E-state index in [1.807, 2.05) is 12.3 Å². The maximum Gasteiger partial charge on any atom is 0.0727 e. The second-order valence-electron chi connectivity index (χ2n) is 10.4. The van der Waals surface area contributed by atoms with Crippen LogP contribution >= 0.6 is 11.6 Å². The first-order chi connectivity index (χ1) is 17.5. The molecule has 0 N–H and O–H groups in total. The molecule has 2 unspecified atom stereocenters. The maximum atomic E-state index is 6.94. The number of unbranched alkanes of at least 4 members (excludes halogenated alkanes) is 1. The third-order valence-electron chi connectivity index (χ3n) is 7.97. The van der Waals surface area contributed by atoms with Gasteiger partial charge in [0.25, 0.3) is 0 Å². The van der Waals surface area contributed by atoms with Crippen molar-refractivity contribution in [3.63, 3.8) is 0 Å². The van der Waals surface area contributed by atoms with E-state index in [2.05, 4.69) is 72.1 Å². The van der Waals surface area contributed by atoms with Gasteiger partial charge in [-0.2, -0.15) is 0 Å². The van der Waals surface area contributed by atoms with Crippen LogP contribution in [0, 0.1) is 0 Å². The van der Waals surface area contributed by atoms with Crippen molar-refractivity contribution in [2.45, 2.75) is 64.3 Å². The van der Waals surface area contributed by atoms with Gasteiger partial charge in [0.1, 0.15) is 0 Å². The Morgan fingerprint density at radius 2 is 2.03 bits per heavy atom. The molecular weight excluding hydrogens is 464 g/mol. The number of nitrogens with zero attached hydrogens (tertiary/aromatic N) is 4. The molecule has 36 heavy (non-hydrogen) atoms. The Morgan fingerprint density at radius 1 is 1.17 bits per heavy atom. The van der Waals surface area contributed by atoms with Crippen LogP contribution < -0.4 is 0 Å². The summed E-state index contributed by atoms with van der Waals surface area (Å²) in [4.78, 5) is 14.6. The number of pyridine rings is 2. The Balaban J connectivity index is 1.36. The Hall–Kier alpha value is -2.85. The van der Waals surface area contributed by atoms with Crippen molar-refractivity contribution in [3.05, 3.63) is 89.0 Å². The Morgan fingerprint density at radius 3 is 2.78 bits per heavy atom. The van der Waals surface area contributed by atoms with Gasteiger partial charge in [-0.3, -0.25) is 9.97 Å². The highest BCUT2D eigenvalue weighted by molar-refractivity contribution is 6.36. The van der Waals surface area contributed by atoms with Gasteiger partial charge in [0.2, 0.25) is 0 Å². The molecule has 4 nitrogen and oxygen atoms in total. The Labute approximate surface area is 220 Å². The molecule has 0 bridgehead atoms. The average Bonchev–Trinajstić information content (AvgIpc) is 2.91. The summed E-state index contributed by atoms with van der Waals surface area (Å²) < 4.78 is 0. The minimum atomic E-state index is 0.375. The Kier molecular flexibility index (Phi) is 7.34. The summed E-state index contributed by atoms with van der Waals surface area (Å²) in [7, 11) is 0. The van der Waals surface area contributed by atoms with Gasteiger partial charge in [-0.1, -0.05) is 56.3 Å². The number of hydrogen-bond acceptors (Lipinski definition) is 4. The first-order valence-corrected chi connectivity index (χ1v) is 13.7. The number of fused-ring (bicyclic) bond motifs is 2. The lowest BCUT2D eigenvalue weighted by atomic mass is 9.84. The minimum Gasteiger partial charge on any atom is -0.371 e. The summed E-state index contributed by atoms with van der Waals surface area (Å²) in [6.45, 7) is 16.3. The molecule has 1 aromatic carbocycles. The van der Waals surface area contributed by atoms with Gasteiger partial charge in [0, 0.05) is 66.0 Å². The summed E-state index contributed by atoms with van der Waals surface area (Å²) in [5.41, 5.74) is 7.87. The number of aromatic nitrogens is 2. The van der Waals surface area contributed by atoms with Crippen molar-refractivity contribution < 1.29 is 0 Å². The molecule has 0 spiro atoms. The number of benzene rings is 1. The molecule has 3 aromatic rings. The van der Waals surface area contributed by atoms with Gasteiger partial charge in [0.15, 0.2) is 0 Å². The predicted molar refractivity (Wildman–Crippen MR) is 151 cm³/mol. The van der Waals surface area contributed by atoms with Crippen molar-refractivity contribution in [1.82, 2.24) is 19.8 Å². The van der Waals surface area contributed by atoms with Gasteiger partial charge in [0.05, 0.1) is 10.5 Å². The van der Waals surface area contributed by atoms with E-state index in [1.54, 1.807) is 0 Å². The van der Waals surface area contributed by atoms with E-state index in [0.717, 1.165) is 83.9 Å². The summed E-state index contributed by atoms with van der Waals surface area (Å²) in [5.74, 6) is 0.391. The van der Waals surface area contributed by atoms with Crippen molar-refractivity contribution in [2.75, 3.05) is 19.6 Å². The molecular formula is C31H37ClN4.